The Hall–Kier alpha value is -1.96. The van der Waals surface area contributed by atoms with Crippen molar-refractivity contribution in [3.63, 3.8) is 0 Å². The predicted octanol–water partition coefficient (Wildman–Crippen LogP) is 2.39. The van der Waals surface area contributed by atoms with E-state index in [0.29, 0.717) is 10.9 Å². The SMILES string of the molecule is CCNc1nc(C)c(C(=O)NC2CCC(n3cncn3)CC2)s1. The smallest absolute Gasteiger partial charge is 0.263 e. The first-order chi connectivity index (χ1) is 11.2. The maximum absolute atomic E-state index is 12.5. The molecule has 1 aliphatic rings. The summed E-state index contributed by atoms with van der Waals surface area (Å²) in [6.07, 6.45) is 7.30. The van der Waals surface area contributed by atoms with Crippen LogP contribution in [0.5, 0.6) is 0 Å². The number of thiazole rings is 1. The van der Waals surface area contributed by atoms with Crippen molar-refractivity contribution in [1.29, 1.82) is 0 Å². The predicted molar refractivity (Wildman–Crippen MR) is 89.8 cm³/mol. The zero-order valence-corrected chi connectivity index (χ0v) is 14.3. The number of aryl methyl sites for hydroxylation is 1. The van der Waals surface area contributed by atoms with Gasteiger partial charge in [-0.05, 0) is 39.5 Å². The Bertz CT molecular complexity index is 645. The van der Waals surface area contributed by atoms with E-state index in [4.69, 9.17) is 0 Å². The molecule has 2 N–H and O–H groups in total. The third-order valence-corrected chi connectivity index (χ3v) is 5.29. The van der Waals surface area contributed by atoms with Gasteiger partial charge in [-0.2, -0.15) is 5.10 Å². The van der Waals surface area contributed by atoms with Crippen LogP contribution in [0.1, 0.15) is 54.0 Å². The summed E-state index contributed by atoms with van der Waals surface area (Å²) in [6.45, 7) is 4.71. The lowest BCUT2D eigenvalue weighted by molar-refractivity contribution is 0.0925. The molecule has 0 atom stereocenters. The van der Waals surface area contributed by atoms with Crippen molar-refractivity contribution in [1.82, 2.24) is 25.1 Å². The second kappa shape index (κ2) is 7.08. The van der Waals surface area contributed by atoms with E-state index in [-0.39, 0.29) is 11.9 Å². The third kappa shape index (κ3) is 3.69. The number of aromatic nitrogens is 4. The maximum atomic E-state index is 12.5. The van der Waals surface area contributed by atoms with Crippen LogP contribution in [-0.2, 0) is 0 Å². The highest BCUT2D eigenvalue weighted by Gasteiger charge is 2.25. The van der Waals surface area contributed by atoms with Crippen molar-refractivity contribution in [3.8, 4) is 0 Å². The molecule has 2 aromatic heterocycles. The molecule has 0 unspecified atom stereocenters. The molecule has 23 heavy (non-hydrogen) atoms. The number of hydrogen-bond donors (Lipinski definition) is 2. The molecule has 0 radical (unpaired) electrons. The monoisotopic (exact) mass is 334 g/mol. The third-order valence-electron chi connectivity index (χ3n) is 4.17. The van der Waals surface area contributed by atoms with E-state index >= 15 is 0 Å². The molecular formula is C15H22N6OS. The summed E-state index contributed by atoms with van der Waals surface area (Å²) in [5.41, 5.74) is 0.791. The molecule has 124 valence electrons. The van der Waals surface area contributed by atoms with Gasteiger partial charge < -0.3 is 10.6 Å². The molecule has 0 spiro atoms. The standard InChI is InChI=1S/C15H22N6OS/c1-3-17-15-19-10(2)13(23-15)14(22)20-11-4-6-12(7-5-11)21-9-16-8-18-21/h8-9,11-12H,3-7H2,1-2H3,(H,17,19)(H,20,22). The molecule has 2 heterocycles. The van der Waals surface area contributed by atoms with Gasteiger partial charge in [0, 0.05) is 12.6 Å². The van der Waals surface area contributed by atoms with Crippen LogP contribution in [-0.4, -0.2) is 38.2 Å². The van der Waals surface area contributed by atoms with E-state index in [2.05, 4.69) is 25.7 Å². The Morgan fingerprint density at radius 1 is 1.39 bits per heavy atom. The van der Waals surface area contributed by atoms with E-state index < -0.39 is 0 Å². The second-order valence-electron chi connectivity index (χ2n) is 5.82. The highest BCUT2D eigenvalue weighted by molar-refractivity contribution is 7.17. The Morgan fingerprint density at radius 3 is 2.83 bits per heavy atom. The topological polar surface area (TPSA) is 84.7 Å². The highest BCUT2D eigenvalue weighted by atomic mass is 32.1. The molecule has 8 heteroatoms. The molecule has 7 nitrogen and oxygen atoms in total. The molecule has 1 fully saturated rings. The zero-order chi connectivity index (χ0) is 16.2. The molecular weight excluding hydrogens is 312 g/mol. The lowest BCUT2D eigenvalue weighted by atomic mass is 9.91. The van der Waals surface area contributed by atoms with Crippen LogP contribution in [0.4, 0.5) is 5.13 Å². The highest BCUT2D eigenvalue weighted by Crippen LogP contribution is 2.28. The minimum atomic E-state index is -0.00615. The Morgan fingerprint density at radius 2 is 2.17 bits per heavy atom. The van der Waals surface area contributed by atoms with Gasteiger partial charge >= 0.3 is 0 Å². The van der Waals surface area contributed by atoms with Crippen LogP contribution in [0.15, 0.2) is 12.7 Å². The number of carbonyl (C=O) groups excluding carboxylic acids is 1. The largest absolute Gasteiger partial charge is 0.362 e. The maximum Gasteiger partial charge on any atom is 0.263 e. The number of hydrogen-bond acceptors (Lipinski definition) is 6. The van der Waals surface area contributed by atoms with E-state index in [1.165, 1.54) is 11.3 Å². The van der Waals surface area contributed by atoms with E-state index in [1.54, 1.807) is 12.7 Å². The molecule has 1 aliphatic carbocycles. The van der Waals surface area contributed by atoms with Crippen LogP contribution in [0.25, 0.3) is 0 Å². The van der Waals surface area contributed by atoms with Crippen molar-refractivity contribution in [3.05, 3.63) is 23.2 Å². The first-order valence-electron chi connectivity index (χ1n) is 8.03. The van der Waals surface area contributed by atoms with Gasteiger partial charge in [0.2, 0.25) is 0 Å². The second-order valence-corrected chi connectivity index (χ2v) is 6.82. The number of nitrogens with zero attached hydrogens (tertiary/aromatic N) is 4. The van der Waals surface area contributed by atoms with E-state index in [9.17, 15) is 4.79 Å². The molecule has 0 aliphatic heterocycles. The summed E-state index contributed by atoms with van der Waals surface area (Å²) >= 11 is 1.42. The van der Waals surface area contributed by atoms with Gasteiger partial charge in [-0.3, -0.25) is 4.79 Å². The van der Waals surface area contributed by atoms with E-state index in [0.717, 1.165) is 43.1 Å². The van der Waals surface area contributed by atoms with Gasteiger partial charge in [-0.15, -0.1) is 0 Å². The normalized spacial score (nSPS) is 21.1. The average molecular weight is 334 g/mol. The summed E-state index contributed by atoms with van der Waals surface area (Å²) in [4.78, 5) is 21.6. The molecule has 1 amide bonds. The molecule has 0 saturated heterocycles. The van der Waals surface area contributed by atoms with Gasteiger partial charge in [-0.25, -0.2) is 14.6 Å². The lowest BCUT2D eigenvalue weighted by Gasteiger charge is -2.28. The zero-order valence-electron chi connectivity index (χ0n) is 13.5. The summed E-state index contributed by atoms with van der Waals surface area (Å²) in [5, 5.41) is 11.3. The molecule has 3 rings (SSSR count). The molecule has 0 aromatic carbocycles. The number of anilines is 1. The minimum Gasteiger partial charge on any atom is -0.362 e. The summed E-state index contributed by atoms with van der Waals surface area (Å²) in [7, 11) is 0. The molecule has 0 bridgehead atoms. The van der Waals surface area contributed by atoms with Crippen molar-refractivity contribution in [2.75, 3.05) is 11.9 Å². The fraction of sp³-hybridized carbons (Fsp3) is 0.600. The molecule has 1 saturated carbocycles. The quantitative estimate of drug-likeness (QED) is 0.877. The Kier molecular flexibility index (Phi) is 4.90. The molecule has 2 aromatic rings. The number of amides is 1. The minimum absolute atomic E-state index is 0.00615. The van der Waals surface area contributed by atoms with Crippen LogP contribution in [0, 0.1) is 6.92 Å². The van der Waals surface area contributed by atoms with Crippen LogP contribution < -0.4 is 10.6 Å². The van der Waals surface area contributed by atoms with E-state index in [1.807, 2.05) is 18.5 Å². The van der Waals surface area contributed by atoms with Crippen molar-refractivity contribution in [2.45, 2.75) is 51.6 Å². The average Bonchev–Trinajstić information content (AvgIpc) is 3.18. The van der Waals surface area contributed by atoms with Gasteiger partial charge in [0.25, 0.3) is 5.91 Å². The van der Waals surface area contributed by atoms with Crippen LogP contribution in [0.3, 0.4) is 0 Å². The number of carbonyl (C=O) groups is 1. The summed E-state index contributed by atoms with van der Waals surface area (Å²) in [6, 6.07) is 0.627. The van der Waals surface area contributed by atoms with Crippen molar-refractivity contribution < 1.29 is 4.79 Å². The Balaban J connectivity index is 1.55. The van der Waals surface area contributed by atoms with Gasteiger partial charge in [0.15, 0.2) is 5.13 Å². The number of nitrogens with one attached hydrogen (secondary N) is 2. The van der Waals surface area contributed by atoms with Crippen molar-refractivity contribution >= 4 is 22.4 Å². The number of rotatable bonds is 5. The summed E-state index contributed by atoms with van der Waals surface area (Å²) < 4.78 is 1.92. The fourth-order valence-corrected chi connectivity index (χ4v) is 3.91. The summed E-state index contributed by atoms with van der Waals surface area (Å²) in [5.74, 6) is -0.00615. The van der Waals surface area contributed by atoms with Crippen LogP contribution >= 0.6 is 11.3 Å². The van der Waals surface area contributed by atoms with Crippen LogP contribution in [0.2, 0.25) is 0 Å². The lowest BCUT2D eigenvalue weighted by Crippen LogP contribution is -2.38. The van der Waals surface area contributed by atoms with Gasteiger partial charge in [-0.1, -0.05) is 11.3 Å². The van der Waals surface area contributed by atoms with Gasteiger partial charge in [0.1, 0.15) is 17.5 Å². The van der Waals surface area contributed by atoms with Gasteiger partial charge in [0.05, 0.1) is 11.7 Å². The Labute approximate surface area is 139 Å². The first kappa shape index (κ1) is 15.9. The fourth-order valence-electron chi connectivity index (χ4n) is 2.98. The van der Waals surface area contributed by atoms with Crippen molar-refractivity contribution in [2.24, 2.45) is 0 Å². The first-order valence-corrected chi connectivity index (χ1v) is 8.85.